The summed E-state index contributed by atoms with van der Waals surface area (Å²) in [6.45, 7) is 12.9. The van der Waals surface area contributed by atoms with Crippen LogP contribution in [0.2, 0.25) is 0 Å². The molecule has 1 aliphatic carbocycles. The fourth-order valence-corrected chi connectivity index (χ4v) is 1.30. The van der Waals surface area contributed by atoms with Gasteiger partial charge in [-0.3, -0.25) is 0 Å². The smallest absolute Gasteiger partial charge is 0.0438 e. The highest BCUT2D eigenvalue weighted by atomic mass is 14.2. The third-order valence-corrected chi connectivity index (χ3v) is 1.61. The van der Waals surface area contributed by atoms with Crippen LogP contribution in [0.15, 0.2) is 0 Å². The van der Waals surface area contributed by atoms with Gasteiger partial charge < -0.3 is 0 Å². The van der Waals surface area contributed by atoms with E-state index >= 15 is 0 Å². The van der Waals surface area contributed by atoms with Crippen LogP contribution in [0.4, 0.5) is 0 Å². The van der Waals surface area contributed by atoms with Gasteiger partial charge in [0.25, 0.3) is 0 Å². The molecule has 1 rings (SSSR count). The van der Waals surface area contributed by atoms with E-state index in [1.54, 1.807) is 0 Å². The first-order valence-electron chi connectivity index (χ1n) is 5.20. The minimum Gasteiger partial charge on any atom is -0.0683 e. The van der Waals surface area contributed by atoms with E-state index in [9.17, 15) is 0 Å². The first-order valence-corrected chi connectivity index (χ1v) is 5.20. The van der Waals surface area contributed by atoms with Crippen LogP contribution >= 0.6 is 0 Å². The second-order valence-corrected chi connectivity index (χ2v) is 3.39. The van der Waals surface area contributed by atoms with Crippen molar-refractivity contribution in [1.82, 2.24) is 0 Å². The molecule has 0 nitrogen and oxygen atoms in total. The molecule has 0 heterocycles. The van der Waals surface area contributed by atoms with Gasteiger partial charge in [0.1, 0.15) is 0 Å². The van der Waals surface area contributed by atoms with Crippen LogP contribution in [0.1, 0.15) is 60.8 Å². The summed E-state index contributed by atoms with van der Waals surface area (Å²) in [6.07, 6.45) is 4.19. The maximum Gasteiger partial charge on any atom is -0.0438 e. The number of rotatable bonds is 0. The van der Waals surface area contributed by atoms with Crippen LogP contribution in [0.3, 0.4) is 0 Å². The molecular weight excluding hydrogens is 132 g/mol. The van der Waals surface area contributed by atoms with Crippen LogP contribution in [-0.2, 0) is 0 Å². The minimum atomic E-state index is 1.04. The van der Waals surface area contributed by atoms with Gasteiger partial charge in [0.15, 0.2) is 0 Å². The third kappa shape index (κ3) is 10.0. The Morgan fingerprint density at radius 3 is 1.09 bits per heavy atom. The molecular formula is C11H26. The molecule has 0 heteroatoms. The average Bonchev–Trinajstić information content (AvgIpc) is 1.92. The minimum absolute atomic E-state index is 1.04. The summed E-state index contributed by atoms with van der Waals surface area (Å²) in [5.74, 6) is 2.08. The molecule has 1 saturated carbocycles. The van der Waals surface area contributed by atoms with E-state index < -0.39 is 0 Å². The van der Waals surface area contributed by atoms with Gasteiger partial charge in [0, 0.05) is 0 Å². The first-order chi connectivity index (χ1) is 5.20. The van der Waals surface area contributed by atoms with Gasteiger partial charge in [-0.2, -0.15) is 0 Å². The highest BCUT2D eigenvalue weighted by Gasteiger charge is 2.19. The van der Waals surface area contributed by atoms with Crippen molar-refractivity contribution in [1.29, 1.82) is 0 Å². The van der Waals surface area contributed by atoms with Gasteiger partial charge in [-0.15, -0.1) is 0 Å². The van der Waals surface area contributed by atoms with Gasteiger partial charge in [-0.1, -0.05) is 48.0 Å². The molecule has 0 bridgehead atoms. The number of hydrogen-bond acceptors (Lipinski definition) is 0. The van der Waals surface area contributed by atoms with Crippen molar-refractivity contribution in [3.63, 3.8) is 0 Å². The second kappa shape index (κ2) is 10.0. The molecule has 11 heavy (non-hydrogen) atoms. The molecule has 0 aliphatic heterocycles. The molecule has 1 aliphatic rings. The van der Waals surface area contributed by atoms with Crippen LogP contribution in [0.25, 0.3) is 0 Å². The molecule has 0 aromatic heterocycles. The fraction of sp³-hybridized carbons (Fsp3) is 1.00. The van der Waals surface area contributed by atoms with E-state index in [0.717, 1.165) is 11.8 Å². The molecule has 0 atom stereocenters. The molecule has 70 valence electrons. The highest BCUT2D eigenvalue weighted by Crippen LogP contribution is 2.31. The van der Waals surface area contributed by atoms with Gasteiger partial charge in [0.2, 0.25) is 0 Å². The SMILES string of the molecule is CC.CC1CC(C)C1.CCC. The van der Waals surface area contributed by atoms with Gasteiger partial charge >= 0.3 is 0 Å². The van der Waals surface area contributed by atoms with Crippen LogP contribution < -0.4 is 0 Å². The van der Waals surface area contributed by atoms with Crippen molar-refractivity contribution in [2.45, 2.75) is 60.8 Å². The highest BCUT2D eigenvalue weighted by molar-refractivity contribution is 4.71. The average molecular weight is 158 g/mol. The van der Waals surface area contributed by atoms with E-state index in [2.05, 4.69) is 27.7 Å². The first kappa shape index (κ1) is 13.6. The predicted octanol–water partition coefficient (Wildman–Crippen LogP) is 4.49. The van der Waals surface area contributed by atoms with Crippen LogP contribution in [-0.4, -0.2) is 0 Å². The van der Waals surface area contributed by atoms with Crippen LogP contribution in [0, 0.1) is 11.8 Å². The van der Waals surface area contributed by atoms with Crippen molar-refractivity contribution >= 4 is 0 Å². The van der Waals surface area contributed by atoms with E-state index in [4.69, 9.17) is 0 Å². The molecule has 0 aromatic carbocycles. The molecule has 0 saturated heterocycles. The van der Waals surface area contributed by atoms with E-state index in [-0.39, 0.29) is 0 Å². The van der Waals surface area contributed by atoms with Gasteiger partial charge in [0.05, 0.1) is 0 Å². The Kier molecular flexibility index (Phi) is 12.3. The molecule has 1 fully saturated rings. The van der Waals surface area contributed by atoms with E-state index in [1.807, 2.05) is 13.8 Å². The van der Waals surface area contributed by atoms with Crippen molar-refractivity contribution in [2.75, 3.05) is 0 Å². The summed E-state index contributed by atoms with van der Waals surface area (Å²) in [5, 5.41) is 0. The quantitative estimate of drug-likeness (QED) is 0.487. The topological polar surface area (TPSA) is 0 Å². The molecule has 0 aromatic rings. The molecule has 0 spiro atoms. The largest absolute Gasteiger partial charge is 0.0683 e. The maximum atomic E-state index is 2.32. The lowest BCUT2D eigenvalue weighted by Gasteiger charge is -2.28. The predicted molar refractivity (Wildman–Crippen MR) is 54.9 cm³/mol. The van der Waals surface area contributed by atoms with Crippen molar-refractivity contribution in [3.05, 3.63) is 0 Å². The maximum absolute atomic E-state index is 2.32. The second-order valence-electron chi connectivity index (χ2n) is 3.39. The lowest BCUT2D eigenvalue weighted by molar-refractivity contribution is 0.233. The van der Waals surface area contributed by atoms with Gasteiger partial charge in [-0.05, 0) is 24.7 Å². The summed E-state index contributed by atoms with van der Waals surface area (Å²) in [6, 6.07) is 0. The van der Waals surface area contributed by atoms with E-state index in [1.165, 1.54) is 19.3 Å². The van der Waals surface area contributed by atoms with Crippen molar-refractivity contribution < 1.29 is 0 Å². The Balaban J connectivity index is 0. The van der Waals surface area contributed by atoms with Crippen molar-refractivity contribution in [3.8, 4) is 0 Å². The zero-order valence-corrected chi connectivity index (χ0v) is 9.28. The molecule has 0 unspecified atom stereocenters. The van der Waals surface area contributed by atoms with Crippen LogP contribution in [0.5, 0.6) is 0 Å². The molecule has 0 amide bonds. The standard InChI is InChI=1S/C6H12.C3H8.C2H6/c1-5-3-6(2)4-5;1-3-2;1-2/h5-6H,3-4H2,1-2H3;3H2,1-2H3;1-2H3. The zero-order valence-electron chi connectivity index (χ0n) is 9.28. The Morgan fingerprint density at radius 1 is 0.909 bits per heavy atom. The summed E-state index contributed by atoms with van der Waals surface area (Å²) in [7, 11) is 0. The Bertz CT molecular complexity index is 45.1. The lowest BCUT2D eigenvalue weighted by Crippen LogP contribution is -2.16. The van der Waals surface area contributed by atoms with Gasteiger partial charge in [-0.25, -0.2) is 0 Å². The lowest BCUT2D eigenvalue weighted by atomic mass is 9.78. The summed E-state index contributed by atoms with van der Waals surface area (Å²) >= 11 is 0. The molecule has 0 N–H and O–H groups in total. The summed E-state index contributed by atoms with van der Waals surface area (Å²) in [5.41, 5.74) is 0. The zero-order chi connectivity index (χ0) is 9.28. The third-order valence-electron chi connectivity index (χ3n) is 1.61. The van der Waals surface area contributed by atoms with Crippen molar-refractivity contribution in [2.24, 2.45) is 11.8 Å². The number of hydrogen-bond donors (Lipinski definition) is 0. The monoisotopic (exact) mass is 158 g/mol. The van der Waals surface area contributed by atoms with E-state index in [0.29, 0.717) is 0 Å². The summed E-state index contributed by atoms with van der Waals surface area (Å²) < 4.78 is 0. The molecule has 0 radical (unpaired) electrons. The normalized spacial score (nSPS) is 26.7. The fourth-order valence-electron chi connectivity index (χ4n) is 1.30. The summed E-state index contributed by atoms with van der Waals surface area (Å²) in [4.78, 5) is 0. The Hall–Kier alpha value is 0. The Morgan fingerprint density at radius 2 is 1.09 bits per heavy atom. The Labute approximate surface area is 73.4 Å².